The zero-order valence-electron chi connectivity index (χ0n) is 10.5. The SMILES string of the molecule is O=C(N/C(=C\c1ccccc1)[N+](=O)[O-])c1ccccc1. The Labute approximate surface area is 115 Å². The van der Waals surface area contributed by atoms with Gasteiger partial charge in [-0.25, -0.2) is 10.1 Å². The minimum absolute atomic E-state index is 0.356. The molecule has 5 heteroatoms. The Kier molecular flexibility index (Phi) is 4.24. The number of carbonyl (C=O) groups is 1. The molecule has 0 saturated carbocycles. The Hall–Kier alpha value is -2.95. The maximum Gasteiger partial charge on any atom is 0.339 e. The Balaban J connectivity index is 2.21. The first-order valence-electron chi connectivity index (χ1n) is 5.94. The molecule has 20 heavy (non-hydrogen) atoms. The molecular formula is C15H12N2O3. The molecule has 2 aromatic carbocycles. The molecule has 0 heterocycles. The van der Waals surface area contributed by atoms with Gasteiger partial charge in [0.05, 0.1) is 5.56 Å². The van der Waals surface area contributed by atoms with Crippen molar-refractivity contribution in [2.75, 3.05) is 0 Å². The van der Waals surface area contributed by atoms with E-state index in [1.807, 2.05) is 6.07 Å². The van der Waals surface area contributed by atoms with E-state index >= 15 is 0 Å². The highest BCUT2D eigenvalue weighted by Crippen LogP contribution is 2.07. The van der Waals surface area contributed by atoms with Crippen LogP contribution in [0.3, 0.4) is 0 Å². The number of nitro groups is 1. The minimum atomic E-state index is -0.617. The summed E-state index contributed by atoms with van der Waals surface area (Å²) < 4.78 is 0. The lowest BCUT2D eigenvalue weighted by Gasteiger charge is -2.02. The Morgan fingerprint density at radius 2 is 1.55 bits per heavy atom. The fourth-order valence-electron chi connectivity index (χ4n) is 1.62. The summed E-state index contributed by atoms with van der Waals surface area (Å²) >= 11 is 0. The van der Waals surface area contributed by atoms with E-state index in [2.05, 4.69) is 5.32 Å². The van der Waals surface area contributed by atoms with E-state index in [1.54, 1.807) is 54.6 Å². The first kappa shape index (κ1) is 13.5. The van der Waals surface area contributed by atoms with Crippen LogP contribution in [0.4, 0.5) is 0 Å². The normalized spacial score (nSPS) is 10.9. The Morgan fingerprint density at radius 3 is 2.10 bits per heavy atom. The van der Waals surface area contributed by atoms with Crippen molar-refractivity contribution in [1.29, 1.82) is 0 Å². The molecule has 1 amide bonds. The van der Waals surface area contributed by atoms with Gasteiger partial charge in [0.15, 0.2) is 0 Å². The summed E-state index contributed by atoms with van der Waals surface area (Å²) in [6.45, 7) is 0. The van der Waals surface area contributed by atoms with Gasteiger partial charge in [-0.05, 0) is 22.6 Å². The molecule has 100 valence electrons. The van der Waals surface area contributed by atoms with Crippen LogP contribution in [0.2, 0.25) is 0 Å². The summed E-state index contributed by atoms with van der Waals surface area (Å²) in [5.41, 5.74) is 1.01. The van der Waals surface area contributed by atoms with Crippen molar-refractivity contribution in [2.24, 2.45) is 0 Å². The van der Waals surface area contributed by atoms with Gasteiger partial charge >= 0.3 is 11.7 Å². The zero-order valence-corrected chi connectivity index (χ0v) is 10.5. The van der Waals surface area contributed by atoms with Gasteiger partial charge in [-0.3, -0.25) is 0 Å². The number of benzene rings is 2. The van der Waals surface area contributed by atoms with Gasteiger partial charge in [-0.2, -0.15) is 0 Å². The second kappa shape index (κ2) is 6.29. The standard InChI is InChI=1S/C15H12N2O3/c18-15(13-9-5-2-6-10-13)16-14(17(19)20)11-12-7-3-1-4-8-12/h1-11H,(H,16,18)/b14-11+. The maximum atomic E-state index is 11.9. The van der Waals surface area contributed by atoms with Gasteiger partial charge < -0.3 is 10.1 Å². The quantitative estimate of drug-likeness (QED) is 0.684. The molecular weight excluding hydrogens is 256 g/mol. The van der Waals surface area contributed by atoms with Gasteiger partial charge in [-0.15, -0.1) is 0 Å². The van der Waals surface area contributed by atoms with Crippen molar-refractivity contribution in [3.05, 3.63) is 87.7 Å². The molecule has 0 radical (unpaired) electrons. The summed E-state index contributed by atoms with van der Waals surface area (Å²) in [5.74, 6) is -0.866. The van der Waals surface area contributed by atoms with E-state index in [9.17, 15) is 14.9 Å². The molecule has 0 saturated heterocycles. The Morgan fingerprint density at radius 1 is 1.00 bits per heavy atom. The zero-order chi connectivity index (χ0) is 14.4. The molecule has 0 bridgehead atoms. The van der Waals surface area contributed by atoms with Gasteiger partial charge in [-0.1, -0.05) is 48.5 Å². The molecule has 0 atom stereocenters. The second-order valence-corrected chi connectivity index (χ2v) is 4.02. The monoisotopic (exact) mass is 268 g/mol. The van der Waals surface area contributed by atoms with E-state index in [0.717, 1.165) is 0 Å². The van der Waals surface area contributed by atoms with Crippen LogP contribution in [0.1, 0.15) is 15.9 Å². The number of nitrogens with one attached hydrogen (secondary N) is 1. The van der Waals surface area contributed by atoms with Gasteiger partial charge in [0, 0.05) is 6.08 Å². The van der Waals surface area contributed by atoms with Crippen molar-refractivity contribution >= 4 is 12.0 Å². The van der Waals surface area contributed by atoms with Gasteiger partial charge in [0.25, 0.3) is 0 Å². The topological polar surface area (TPSA) is 72.2 Å². The smallest absolute Gasteiger partial charge is 0.339 e. The second-order valence-electron chi connectivity index (χ2n) is 4.02. The number of nitrogens with zero attached hydrogens (tertiary/aromatic N) is 1. The number of hydrogen-bond donors (Lipinski definition) is 1. The molecule has 0 aliphatic rings. The number of carbonyl (C=O) groups excluding carboxylic acids is 1. The molecule has 0 fully saturated rings. The van der Waals surface area contributed by atoms with Crippen LogP contribution in [0, 0.1) is 10.1 Å². The number of hydrogen-bond acceptors (Lipinski definition) is 3. The summed E-state index contributed by atoms with van der Waals surface area (Å²) in [7, 11) is 0. The summed E-state index contributed by atoms with van der Waals surface area (Å²) in [5, 5.41) is 13.3. The van der Waals surface area contributed by atoms with Crippen LogP contribution in [0.5, 0.6) is 0 Å². The highest BCUT2D eigenvalue weighted by Gasteiger charge is 2.16. The molecule has 2 rings (SSSR count). The highest BCUT2D eigenvalue weighted by molar-refractivity contribution is 5.95. The predicted octanol–water partition coefficient (Wildman–Crippen LogP) is 2.69. The lowest BCUT2D eigenvalue weighted by Crippen LogP contribution is -2.26. The average molecular weight is 268 g/mol. The maximum absolute atomic E-state index is 11.9. The fourth-order valence-corrected chi connectivity index (χ4v) is 1.62. The van der Waals surface area contributed by atoms with Crippen molar-refractivity contribution in [3.8, 4) is 0 Å². The molecule has 1 N–H and O–H groups in total. The molecule has 0 aliphatic carbocycles. The van der Waals surface area contributed by atoms with Crippen LogP contribution >= 0.6 is 0 Å². The van der Waals surface area contributed by atoms with Crippen LogP contribution in [-0.4, -0.2) is 10.8 Å². The van der Waals surface area contributed by atoms with Crippen LogP contribution in [-0.2, 0) is 0 Å². The third-order valence-electron chi connectivity index (χ3n) is 2.58. The molecule has 0 aliphatic heterocycles. The van der Waals surface area contributed by atoms with E-state index < -0.39 is 10.8 Å². The molecule has 0 aromatic heterocycles. The summed E-state index contributed by atoms with van der Waals surface area (Å²) in [6.07, 6.45) is 1.32. The Bertz CT molecular complexity index is 637. The summed E-state index contributed by atoms with van der Waals surface area (Å²) in [4.78, 5) is 22.3. The first-order valence-corrected chi connectivity index (χ1v) is 5.94. The predicted molar refractivity (Wildman–Crippen MR) is 75.3 cm³/mol. The van der Waals surface area contributed by atoms with Crippen LogP contribution in [0.25, 0.3) is 6.08 Å². The fraction of sp³-hybridized carbons (Fsp3) is 0. The van der Waals surface area contributed by atoms with Crippen LogP contribution in [0.15, 0.2) is 66.5 Å². The van der Waals surface area contributed by atoms with Gasteiger partial charge in [0.2, 0.25) is 0 Å². The van der Waals surface area contributed by atoms with E-state index in [-0.39, 0.29) is 5.82 Å². The minimum Gasteiger partial charge on any atom is -0.358 e. The lowest BCUT2D eigenvalue weighted by molar-refractivity contribution is -0.428. The molecule has 5 nitrogen and oxygen atoms in total. The largest absolute Gasteiger partial charge is 0.358 e. The number of amides is 1. The van der Waals surface area contributed by atoms with Crippen molar-refractivity contribution < 1.29 is 9.72 Å². The van der Waals surface area contributed by atoms with E-state index in [1.165, 1.54) is 6.08 Å². The van der Waals surface area contributed by atoms with E-state index in [4.69, 9.17) is 0 Å². The van der Waals surface area contributed by atoms with Crippen molar-refractivity contribution in [1.82, 2.24) is 5.32 Å². The molecule has 0 unspecified atom stereocenters. The first-order chi connectivity index (χ1) is 9.66. The molecule has 0 spiro atoms. The third kappa shape index (κ3) is 3.52. The van der Waals surface area contributed by atoms with Crippen LogP contribution < -0.4 is 5.32 Å². The molecule has 2 aromatic rings. The van der Waals surface area contributed by atoms with Gasteiger partial charge in [0.1, 0.15) is 0 Å². The van der Waals surface area contributed by atoms with E-state index in [0.29, 0.717) is 11.1 Å². The lowest BCUT2D eigenvalue weighted by atomic mass is 10.2. The highest BCUT2D eigenvalue weighted by atomic mass is 16.6. The summed E-state index contributed by atoms with van der Waals surface area (Å²) in [6, 6.07) is 17.1. The number of rotatable bonds is 4. The van der Waals surface area contributed by atoms with Crippen molar-refractivity contribution in [3.63, 3.8) is 0 Å². The van der Waals surface area contributed by atoms with Crippen molar-refractivity contribution in [2.45, 2.75) is 0 Å². The third-order valence-corrected chi connectivity index (χ3v) is 2.58. The average Bonchev–Trinajstić information content (AvgIpc) is 2.48.